The first-order chi connectivity index (χ1) is 12.7. The van der Waals surface area contributed by atoms with Crippen molar-refractivity contribution in [2.45, 2.75) is 33.2 Å². The molecule has 0 N–H and O–H groups in total. The van der Waals surface area contributed by atoms with Crippen molar-refractivity contribution < 1.29 is 9.15 Å². The minimum Gasteiger partial charge on any atom is -0.478 e. The van der Waals surface area contributed by atoms with E-state index in [1.807, 2.05) is 24.3 Å². The second-order valence-electron chi connectivity index (χ2n) is 6.94. The maximum Gasteiger partial charge on any atom is 0.336 e. The summed E-state index contributed by atoms with van der Waals surface area (Å²) in [6, 6.07) is 13.8. The fraction of sp³-hybridized carbons (Fsp3) is 0.318. The summed E-state index contributed by atoms with van der Waals surface area (Å²) in [5.41, 5.74) is 4.41. The number of aryl methyl sites for hydroxylation is 1. The number of unbranched alkanes of at least 4 members (excludes halogenated alkanes) is 1. The maximum absolute atomic E-state index is 12.3. The zero-order valence-electron chi connectivity index (χ0n) is 15.2. The molecule has 0 saturated heterocycles. The lowest BCUT2D eigenvalue weighted by molar-refractivity contribution is 0.0943. The lowest BCUT2D eigenvalue weighted by Gasteiger charge is -2.29. The average molecular weight is 349 g/mol. The van der Waals surface area contributed by atoms with Gasteiger partial charge in [-0.25, -0.2) is 4.79 Å². The summed E-state index contributed by atoms with van der Waals surface area (Å²) in [6.07, 6.45) is 2.27. The van der Waals surface area contributed by atoms with Crippen LogP contribution in [0.25, 0.3) is 22.1 Å². The summed E-state index contributed by atoms with van der Waals surface area (Å²) >= 11 is 0. The molecule has 26 heavy (non-hydrogen) atoms. The molecule has 4 nitrogen and oxygen atoms in total. The van der Waals surface area contributed by atoms with E-state index in [1.54, 1.807) is 6.07 Å². The molecule has 1 aliphatic rings. The van der Waals surface area contributed by atoms with E-state index in [0.29, 0.717) is 12.3 Å². The molecule has 4 rings (SSSR count). The van der Waals surface area contributed by atoms with Crippen molar-refractivity contribution in [3.8, 4) is 16.9 Å². The number of ether oxygens (including phenoxy) is 1. The largest absolute Gasteiger partial charge is 0.478 e. The molecule has 0 unspecified atom stereocenters. The van der Waals surface area contributed by atoms with Crippen molar-refractivity contribution in [3.05, 3.63) is 64.0 Å². The second-order valence-corrected chi connectivity index (χ2v) is 6.94. The number of fused-ring (bicyclic) bond motifs is 3. The van der Waals surface area contributed by atoms with Crippen LogP contribution in [-0.4, -0.2) is 18.2 Å². The van der Waals surface area contributed by atoms with Crippen LogP contribution in [0.1, 0.15) is 30.9 Å². The Morgan fingerprint density at radius 1 is 1.12 bits per heavy atom. The van der Waals surface area contributed by atoms with Gasteiger partial charge in [-0.15, -0.1) is 0 Å². The van der Waals surface area contributed by atoms with Crippen LogP contribution in [0.5, 0.6) is 5.75 Å². The number of hydrogen-bond acceptors (Lipinski definition) is 4. The third kappa shape index (κ3) is 3.13. The molecule has 0 atom stereocenters. The smallest absolute Gasteiger partial charge is 0.336 e. The van der Waals surface area contributed by atoms with Crippen LogP contribution in [0.4, 0.5) is 0 Å². The van der Waals surface area contributed by atoms with E-state index in [1.165, 1.54) is 5.56 Å². The van der Waals surface area contributed by atoms with Crippen molar-refractivity contribution in [1.82, 2.24) is 4.90 Å². The summed E-state index contributed by atoms with van der Waals surface area (Å²) in [4.78, 5) is 14.5. The van der Waals surface area contributed by atoms with Gasteiger partial charge in [0.15, 0.2) is 0 Å². The van der Waals surface area contributed by atoms with Crippen LogP contribution < -0.4 is 10.4 Å². The minimum absolute atomic E-state index is 0.327. The highest BCUT2D eigenvalue weighted by Gasteiger charge is 2.22. The Balaban J connectivity index is 1.84. The van der Waals surface area contributed by atoms with E-state index in [-0.39, 0.29) is 5.63 Å². The van der Waals surface area contributed by atoms with E-state index in [9.17, 15) is 4.79 Å². The van der Waals surface area contributed by atoms with Crippen LogP contribution in [0.2, 0.25) is 0 Å². The number of rotatable bonds is 4. The Morgan fingerprint density at radius 2 is 1.92 bits per heavy atom. The SMILES string of the molecule is CCCCN1COc2ccc3c(-c4ccc(C)cc4)cc(=O)oc3c2C1. The van der Waals surface area contributed by atoms with E-state index < -0.39 is 0 Å². The van der Waals surface area contributed by atoms with Gasteiger partial charge >= 0.3 is 5.63 Å². The molecule has 0 bridgehead atoms. The third-order valence-corrected chi connectivity index (χ3v) is 4.95. The quantitative estimate of drug-likeness (QED) is 0.639. The molecule has 0 aliphatic carbocycles. The van der Waals surface area contributed by atoms with Crippen molar-refractivity contribution in [1.29, 1.82) is 0 Å². The molecular formula is C22H23NO3. The molecule has 0 fully saturated rings. The molecule has 0 spiro atoms. The molecule has 3 aromatic rings. The molecule has 134 valence electrons. The Hall–Kier alpha value is -2.59. The number of nitrogens with zero attached hydrogens (tertiary/aromatic N) is 1. The molecule has 2 aromatic carbocycles. The zero-order valence-corrected chi connectivity index (χ0v) is 15.2. The Kier molecular flexibility index (Phi) is 4.51. The Morgan fingerprint density at radius 3 is 2.69 bits per heavy atom. The normalized spacial score (nSPS) is 14.2. The highest BCUT2D eigenvalue weighted by molar-refractivity contribution is 5.95. The van der Waals surface area contributed by atoms with Crippen LogP contribution in [0.3, 0.4) is 0 Å². The topological polar surface area (TPSA) is 42.7 Å². The second kappa shape index (κ2) is 6.96. The summed E-state index contributed by atoms with van der Waals surface area (Å²) in [5, 5.41) is 0.952. The predicted octanol–water partition coefficient (Wildman–Crippen LogP) is 4.72. The predicted molar refractivity (Wildman–Crippen MR) is 103 cm³/mol. The van der Waals surface area contributed by atoms with Crippen LogP contribution >= 0.6 is 0 Å². The molecular weight excluding hydrogens is 326 g/mol. The van der Waals surface area contributed by atoms with Gasteiger partial charge < -0.3 is 9.15 Å². The van der Waals surface area contributed by atoms with Crippen LogP contribution in [-0.2, 0) is 6.54 Å². The van der Waals surface area contributed by atoms with E-state index in [4.69, 9.17) is 9.15 Å². The highest BCUT2D eigenvalue weighted by Crippen LogP contribution is 2.36. The number of benzene rings is 2. The van der Waals surface area contributed by atoms with Gasteiger partial charge in [0.25, 0.3) is 0 Å². The molecule has 0 saturated carbocycles. The lowest BCUT2D eigenvalue weighted by atomic mass is 9.98. The molecule has 1 aliphatic heterocycles. The fourth-order valence-electron chi connectivity index (χ4n) is 3.48. The first kappa shape index (κ1) is 16.9. The summed E-state index contributed by atoms with van der Waals surface area (Å²) in [6.45, 7) is 6.54. The first-order valence-electron chi connectivity index (χ1n) is 9.17. The molecule has 4 heteroatoms. The van der Waals surface area contributed by atoms with Gasteiger partial charge in [-0.3, -0.25) is 4.90 Å². The first-order valence-corrected chi connectivity index (χ1v) is 9.17. The van der Waals surface area contributed by atoms with E-state index >= 15 is 0 Å². The summed E-state index contributed by atoms with van der Waals surface area (Å²) in [5.74, 6) is 0.814. The average Bonchev–Trinajstić information content (AvgIpc) is 2.66. The standard InChI is InChI=1S/C22H23NO3/c1-3-4-11-23-13-19-20(25-14-23)10-9-17-18(12-21(24)26-22(17)19)16-7-5-15(2)6-8-16/h5-10,12H,3-4,11,13-14H2,1-2H3. The Labute approximate surface area is 153 Å². The maximum atomic E-state index is 12.3. The molecule has 1 aromatic heterocycles. The van der Waals surface area contributed by atoms with Gasteiger partial charge in [0.1, 0.15) is 18.1 Å². The van der Waals surface area contributed by atoms with Gasteiger partial charge in [0.2, 0.25) is 0 Å². The van der Waals surface area contributed by atoms with E-state index in [2.05, 4.69) is 30.9 Å². The molecule has 0 amide bonds. The Bertz CT molecular complexity index is 989. The highest BCUT2D eigenvalue weighted by atomic mass is 16.5. The van der Waals surface area contributed by atoms with Gasteiger partial charge in [-0.05, 0) is 36.6 Å². The summed E-state index contributed by atoms with van der Waals surface area (Å²) < 4.78 is 11.5. The van der Waals surface area contributed by atoms with Crippen molar-refractivity contribution >= 4 is 11.0 Å². The third-order valence-electron chi connectivity index (χ3n) is 4.95. The van der Waals surface area contributed by atoms with Gasteiger partial charge in [0, 0.05) is 24.5 Å². The van der Waals surface area contributed by atoms with E-state index in [0.717, 1.165) is 53.8 Å². The minimum atomic E-state index is -0.327. The van der Waals surface area contributed by atoms with Crippen molar-refractivity contribution in [2.24, 2.45) is 0 Å². The zero-order chi connectivity index (χ0) is 18.1. The van der Waals surface area contributed by atoms with Gasteiger partial charge in [-0.1, -0.05) is 43.2 Å². The van der Waals surface area contributed by atoms with Crippen molar-refractivity contribution in [2.75, 3.05) is 13.3 Å². The van der Waals surface area contributed by atoms with Gasteiger partial charge in [-0.2, -0.15) is 0 Å². The molecule has 2 heterocycles. The number of hydrogen-bond donors (Lipinski definition) is 0. The summed E-state index contributed by atoms with van der Waals surface area (Å²) in [7, 11) is 0. The van der Waals surface area contributed by atoms with Crippen LogP contribution in [0.15, 0.2) is 51.7 Å². The fourth-order valence-corrected chi connectivity index (χ4v) is 3.48. The lowest BCUT2D eigenvalue weighted by Crippen LogP contribution is -2.32. The monoisotopic (exact) mass is 349 g/mol. The van der Waals surface area contributed by atoms with Crippen molar-refractivity contribution in [3.63, 3.8) is 0 Å². The van der Waals surface area contributed by atoms with Crippen LogP contribution in [0, 0.1) is 6.92 Å². The van der Waals surface area contributed by atoms with Gasteiger partial charge in [0.05, 0.1) is 5.56 Å². The molecule has 0 radical (unpaired) electrons.